The topological polar surface area (TPSA) is 76.2 Å². The smallest absolute Gasteiger partial charge is 0.151 e. The highest BCUT2D eigenvalue weighted by Crippen LogP contribution is 2.40. The van der Waals surface area contributed by atoms with Crippen molar-refractivity contribution in [2.45, 2.75) is 45.2 Å². The lowest BCUT2D eigenvalue weighted by Gasteiger charge is -2.47. The van der Waals surface area contributed by atoms with E-state index < -0.39 is 11.1 Å². The van der Waals surface area contributed by atoms with E-state index in [-0.39, 0.29) is 5.17 Å². The van der Waals surface area contributed by atoms with Crippen LogP contribution in [0.25, 0.3) is 0 Å². The molecule has 3 N–H and O–H groups in total. The molecule has 92 valence electrons. The zero-order chi connectivity index (χ0) is 12.6. The van der Waals surface area contributed by atoms with E-state index in [4.69, 9.17) is 11.1 Å². The molecule has 16 heavy (non-hydrogen) atoms. The van der Waals surface area contributed by atoms with Crippen LogP contribution in [-0.2, 0) is 0 Å². The fraction of sp³-hybridized carbons (Fsp3) is 0.727. The van der Waals surface area contributed by atoms with Gasteiger partial charge in [-0.25, -0.2) is 0 Å². The van der Waals surface area contributed by atoms with E-state index in [0.717, 1.165) is 22.8 Å². The lowest BCUT2D eigenvalue weighted by atomic mass is 9.94. The van der Waals surface area contributed by atoms with Crippen molar-refractivity contribution in [3.05, 3.63) is 16.9 Å². The first kappa shape index (κ1) is 13.5. The van der Waals surface area contributed by atoms with E-state index >= 15 is 0 Å². The number of nitrogens with one attached hydrogen (secondary N) is 1. The monoisotopic (exact) mass is 242 g/mol. The SMILES string of the molecule is CC1(C)C=C(CCSC(=N)N)C(C)(C)N1[O-]. The van der Waals surface area contributed by atoms with Crippen LogP contribution in [0.15, 0.2) is 11.6 Å². The van der Waals surface area contributed by atoms with Gasteiger partial charge in [0, 0.05) is 16.8 Å². The molecule has 0 spiro atoms. The molecule has 0 bridgehead atoms. The molecular weight excluding hydrogens is 222 g/mol. The largest absolute Gasteiger partial charge is 0.784 e. The second kappa shape index (κ2) is 4.39. The van der Waals surface area contributed by atoms with Crippen LogP contribution >= 0.6 is 11.8 Å². The minimum atomic E-state index is -0.444. The van der Waals surface area contributed by atoms with E-state index in [1.807, 2.05) is 33.8 Å². The minimum Gasteiger partial charge on any atom is -0.784 e. The first-order valence-electron chi connectivity index (χ1n) is 5.34. The summed E-state index contributed by atoms with van der Waals surface area (Å²) in [6, 6.07) is 0. The number of hydrogen-bond acceptors (Lipinski definition) is 4. The molecule has 0 saturated carbocycles. The van der Waals surface area contributed by atoms with Crippen LogP contribution in [0.5, 0.6) is 0 Å². The van der Waals surface area contributed by atoms with Crippen molar-refractivity contribution in [2.75, 3.05) is 5.75 Å². The van der Waals surface area contributed by atoms with Crippen molar-refractivity contribution in [3.63, 3.8) is 0 Å². The molecule has 1 aliphatic heterocycles. The van der Waals surface area contributed by atoms with Gasteiger partial charge in [-0.15, -0.1) is 0 Å². The third-order valence-corrected chi connectivity index (χ3v) is 3.69. The summed E-state index contributed by atoms with van der Waals surface area (Å²) in [5.74, 6) is 0.758. The number of nitrogens with zero attached hydrogens (tertiary/aromatic N) is 1. The Hall–Kier alpha value is -0.520. The van der Waals surface area contributed by atoms with E-state index in [1.54, 1.807) is 0 Å². The van der Waals surface area contributed by atoms with Gasteiger partial charge in [0.15, 0.2) is 5.17 Å². The molecule has 0 saturated heterocycles. The summed E-state index contributed by atoms with van der Waals surface area (Å²) in [5, 5.41) is 20.5. The van der Waals surface area contributed by atoms with Crippen LogP contribution < -0.4 is 5.73 Å². The molecule has 1 aliphatic rings. The third-order valence-electron chi connectivity index (χ3n) is 2.97. The Kier molecular flexibility index (Phi) is 3.72. The molecule has 0 aromatic rings. The van der Waals surface area contributed by atoms with Gasteiger partial charge in [-0.2, -0.15) is 0 Å². The highest BCUT2D eigenvalue weighted by Gasteiger charge is 2.38. The Bertz CT molecular complexity index is 323. The van der Waals surface area contributed by atoms with Crippen LogP contribution in [0.3, 0.4) is 0 Å². The first-order valence-corrected chi connectivity index (χ1v) is 6.33. The van der Waals surface area contributed by atoms with Gasteiger partial charge in [-0.05, 0) is 34.1 Å². The Morgan fingerprint density at radius 2 is 2.06 bits per heavy atom. The molecule has 4 nitrogen and oxygen atoms in total. The average molecular weight is 242 g/mol. The van der Waals surface area contributed by atoms with Gasteiger partial charge in [0.1, 0.15) is 0 Å². The summed E-state index contributed by atoms with van der Waals surface area (Å²) in [7, 11) is 0. The zero-order valence-corrected chi connectivity index (χ0v) is 11.1. The summed E-state index contributed by atoms with van der Waals surface area (Å²) in [4.78, 5) is 0. The van der Waals surface area contributed by atoms with Crippen molar-refractivity contribution in [1.82, 2.24) is 5.06 Å². The Morgan fingerprint density at radius 3 is 2.44 bits per heavy atom. The van der Waals surface area contributed by atoms with Crippen LogP contribution in [0.1, 0.15) is 34.1 Å². The Morgan fingerprint density at radius 1 is 1.50 bits per heavy atom. The van der Waals surface area contributed by atoms with E-state index in [9.17, 15) is 5.21 Å². The molecule has 1 rings (SSSR count). The van der Waals surface area contributed by atoms with Gasteiger partial charge in [-0.1, -0.05) is 23.4 Å². The normalized spacial score (nSPS) is 23.2. The Balaban J connectivity index is 2.69. The van der Waals surface area contributed by atoms with E-state index in [0.29, 0.717) is 0 Å². The second-order valence-corrected chi connectivity index (χ2v) is 6.28. The molecule has 5 heteroatoms. The minimum absolute atomic E-state index is 0.134. The number of thioether (sulfide) groups is 1. The molecular formula is C11H20N3OS-. The molecule has 0 atom stereocenters. The van der Waals surface area contributed by atoms with Crippen LogP contribution in [0.4, 0.5) is 0 Å². The number of hydroxylamine groups is 2. The highest BCUT2D eigenvalue weighted by atomic mass is 32.2. The van der Waals surface area contributed by atoms with E-state index in [1.165, 1.54) is 11.8 Å². The summed E-state index contributed by atoms with van der Waals surface area (Å²) in [6.07, 6.45) is 2.85. The quantitative estimate of drug-likeness (QED) is 0.452. The van der Waals surface area contributed by atoms with Crippen LogP contribution in [0, 0.1) is 10.6 Å². The number of hydrogen-bond donors (Lipinski definition) is 2. The van der Waals surface area contributed by atoms with Crippen LogP contribution in [0.2, 0.25) is 0 Å². The van der Waals surface area contributed by atoms with Crippen molar-refractivity contribution in [3.8, 4) is 0 Å². The fourth-order valence-electron chi connectivity index (χ4n) is 2.16. The molecule has 0 aromatic carbocycles. The Labute approximate surface area is 101 Å². The average Bonchev–Trinajstić information content (AvgIpc) is 2.27. The van der Waals surface area contributed by atoms with E-state index in [2.05, 4.69) is 0 Å². The molecule has 0 amide bonds. The number of amidine groups is 1. The van der Waals surface area contributed by atoms with Gasteiger partial charge in [0.25, 0.3) is 0 Å². The standard InChI is InChI=1S/C11H20N3OS/c1-10(2)7-8(5-6-16-9(12)13)11(3,4)14(10)15/h7H,5-6H2,1-4H3,(H3,12,13)/q-1. The molecule has 0 fully saturated rings. The molecule has 0 aromatic heterocycles. The summed E-state index contributed by atoms with van der Waals surface area (Å²) >= 11 is 1.32. The molecule has 0 aliphatic carbocycles. The zero-order valence-electron chi connectivity index (χ0n) is 10.3. The van der Waals surface area contributed by atoms with Crippen molar-refractivity contribution in [2.24, 2.45) is 5.73 Å². The van der Waals surface area contributed by atoms with Crippen molar-refractivity contribution in [1.29, 1.82) is 5.41 Å². The molecule has 1 heterocycles. The van der Waals surface area contributed by atoms with Gasteiger partial charge >= 0.3 is 0 Å². The van der Waals surface area contributed by atoms with Gasteiger partial charge in [0.2, 0.25) is 0 Å². The van der Waals surface area contributed by atoms with Crippen molar-refractivity contribution < 1.29 is 0 Å². The van der Waals surface area contributed by atoms with Gasteiger partial charge in [-0.3, -0.25) is 5.41 Å². The summed E-state index contributed by atoms with van der Waals surface area (Å²) < 4.78 is 0. The number of nitrogens with two attached hydrogens (primary N) is 1. The summed E-state index contributed by atoms with van der Waals surface area (Å²) in [6.45, 7) is 7.73. The van der Waals surface area contributed by atoms with Crippen molar-refractivity contribution >= 4 is 16.9 Å². The highest BCUT2D eigenvalue weighted by molar-refractivity contribution is 8.13. The fourth-order valence-corrected chi connectivity index (χ4v) is 2.70. The molecule has 0 radical (unpaired) electrons. The van der Waals surface area contributed by atoms with Crippen LogP contribution in [-0.4, -0.2) is 27.1 Å². The maximum atomic E-state index is 12.0. The van der Waals surface area contributed by atoms with Gasteiger partial charge < -0.3 is 16.0 Å². The predicted octanol–water partition coefficient (Wildman–Crippen LogP) is 2.30. The number of rotatable bonds is 3. The predicted molar refractivity (Wildman–Crippen MR) is 70.4 cm³/mol. The first-order chi connectivity index (χ1) is 7.18. The maximum Gasteiger partial charge on any atom is 0.151 e. The summed E-state index contributed by atoms with van der Waals surface area (Å²) in [5.41, 5.74) is 5.55. The lowest BCUT2D eigenvalue weighted by molar-refractivity contribution is 0.157. The molecule has 0 unspecified atom stereocenters. The lowest BCUT2D eigenvalue weighted by Crippen LogP contribution is -2.46. The maximum absolute atomic E-state index is 12.0. The third kappa shape index (κ3) is 2.59. The second-order valence-electron chi connectivity index (χ2n) is 5.14. The van der Waals surface area contributed by atoms with Gasteiger partial charge in [0.05, 0.1) is 0 Å².